The first-order chi connectivity index (χ1) is 8.36. The van der Waals surface area contributed by atoms with Gasteiger partial charge in [-0.25, -0.2) is 4.98 Å². The van der Waals surface area contributed by atoms with Gasteiger partial charge >= 0.3 is 0 Å². The van der Waals surface area contributed by atoms with Crippen LogP contribution in [0.5, 0.6) is 5.75 Å². The van der Waals surface area contributed by atoms with Crippen molar-refractivity contribution in [3.8, 4) is 5.75 Å². The van der Waals surface area contributed by atoms with Crippen molar-refractivity contribution < 1.29 is 4.74 Å². The van der Waals surface area contributed by atoms with Gasteiger partial charge in [-0.05, 0) is 18.1 Å². The van der Waals surface area contributed by atoms with E-state index in [1.807, 2.05) is 18.3 Å². The lowest BCUT2D eigenvalue weighted by atomic mass is 9.97. The van der Waals surface area contributed by atoms with Gasteiger partial charge in [0.25, 0.3) is 0 Å². The molecule has 4 heteroatoms. The second-order valence-corrected chi connectivity index (χ2v) is 5.34. The third kappa shape index (κ3) is 2.06. The highest BCUT2D eigenvalue weighted by Gasteiger charge is 2.23. The summed E-state index contributed by atoms with van der Waals surface area (Å²) in [6.45, 7) is 1.29. The summed E-state index contributed by atoms with van der Waals surface area (Å²) in [5.41, 5.74) is 6.88. The van der Waals surface area contributed by atoms with E-state index in [-0.39, 0.29) is 0 Å². The lowest BCUT2D eigenvalue weighted by molar-refractivity contribution is 0.262. The van der Waals surface area contributed by atoms with Crippen molar-refractivity contribution in [2.24, 2.45) is 5.73 Å². The Bertz CT molecular complexity index is 524. The minimum atomic E-state index is 0.371. The molecule has 1 aromatic heterocycles. The number of ether oxygens (including phenoxy) is 1. The monoisotopic (exact) mass is 246 g/mol. The van der Waals surface area contributed by atoms with Gasteiger partial charge < -0.3 is 10.5 Å². The number of para-hydroxylation sites is 1. The van der Waals surface area contributed by atoms with Gasteiger partial charge in [-0.15, -0.1) is 11.3 Å². The molecule has 0 aliphatic carbocycles. The van der Waals surface area contributed by atoms with Crippen LogP contribution in [0.3, 0.4) is 0 Å². The Morgan fingerprint density at radius 1 is 1.41 bits per heavy atom. The molecule has 2 aromatic rings. The normalized spacial score (nSPS) is 18.5. The highest BCUT2D eigenvalue weighted by atomic mass is 32.1. The summed E-state index contributed by atoms with van der Waals surface area (Å²) in [5, 5.41) is 1.14. The van der Waals surface area contributed by atoms with Gasteiger partial charge in [0, 0.05) is 23.5 Å². The predicted octanol–water partition coefficient (Wildman–Crippen LogP) is 2.32. The number of hydrogen-bond acceptors (Lipinski definition) is 4. The molecule has 0 fully saturated rings. The number of rotatable bonds is 2. The number of hydrogen-bond donors (Lipinski definition) is 1. The molecule has 1 aliphatic heterocycles. The van der Waals surface area contributed by atoms with Crippen LogP contribution in [0.25, 0.3) is 0 Å². The number of nitrogens with two attached hydrogens (primary N) is 1. The first-order valence-electron chi connectivity index (χ1n) is 5.72. The molecule has 0 radical (unpaired) electrons. The van der Waals surface area contributed by atoms with Gasteiger partial charge in [-0.2, -0.15) is 0 Å². The van der Waals surface area contributed by atoms with Crippen molar-refractivity contribution in [1.29, 1.82) is 0 Å². The average molecular weight is 246 g/mol. The van der Waals surface area contributed by atoms with E-state index in [1.165, 1.54) is 5.56 Å². The molecule has 3 rings (SSSR count). The maximum Gasteiger partial charge on any atom is 0.122 e. The Morgan fingerprint density at radius 2 is 2.29 bits per heavy atom. The Labute approximate surface area is 104 Å². The number of aromatic nitrogens is 1. The van der Waals surface area contributed by atoms with E-state index in [9.17, 15) is 0 Å². The van der Waals surface area contributed by atoms with Crippen LogP contribution in [0, 0.1) is 0 Å². The van der Waals surface area contributed by atoms with E-state index in [0.717, 1.165) is 22.1 Å². The molecule has 0 saturated carbocycles. The van der Waals surface area contributed by atoms with Gasteiger partial charge in [0.2, 0.25) is 0 Å². The summed E-state index contributed by atoms with van der Waals surface area (Å²) in [6, 6.07) is 8.21. The predicted molar refractivity (Wildman–Crippen MR) is 68.4 cm³/mol. The van der Waals surface area contributed by atoms with Gasteiger partial charge in [-0.3, -0.25) is 0 Å². The molecule has 1 aliphatic rings. The molecule has 1 atom stereocenters. The van der Waals surface area contributed by atoms with Crippen molar-refractivity contribution in [3.05, 3.63) is 45.9 Å². The molecule has 2 heterocycles. The molecule has 2 N–H and O–H groups in total. The first kappa shape index (κ1) is 10.7. The first-order valence-corrected chi connectivity index (χ1v) is 6.54. The van der Waals surface area contributed by atoms with Gasteiger partial charge in [0.05, 0.1) is 11.6 Å². The fraction of sp³-hybridized carbons (Fsp3) is 0.308. The molecule has 1 unspecified atom stereocenters. The number of benzene rings is 1. The van der Waals surface area contributed by atoms with Gasteiger partial charge in [0.15, 0.2) is 0 Å². The van der Waals surface area contributed by atoms with Crippen LogP contribution in [-0.4, -0.2) is 11.6 Å². The topological polar surface area (TPSA) is 48.1 Å². The SMILES string of the molecule is NCc1cnc(C2COc3ccccc3C2)s1. The van der Waals surface area contributed by atoms with E-state index < -0.39 is 0 Å². The molecule has 0 spiro atoms. The molecule has 0 bridgehead atoms. The maximum absolute atomic E-state index is 5.77. The quantitative estimate of drug-likeness (QED) is 0.884. The zero-order valence-corrected chi connectivity index (χ0v) is 10.2. The van der Waals surface area contributed by atoms with Gasteiger partial charge in [-0.1, -0.05) is 18.2 Å². The highest BCUT2D eigenvalue weighted by Crippen LogP contribution is 2.33. The number of thiazole rings is 1. The van der Waals surface area contributed by atoms with Crippen LogP contribution in [-0.2, 0) is 13.0 Å². The van der Waals surface area contributed by atoms with Crippen molar-refractivity contribution in [2.75, 3.05) is 6.61 Å². The van der Waals surface area contributed by atoms with E-state index in [1.54, 1.807) is 11.3 Å². The maximum atomic E-state index is 5.77. The van der Waals surface area contributed by atoms with Crippen LogP contribution in [0.4, 0.5) is 0 Å². The van der Waals surface area contributed by atoms with E-state index in [4.69, 9.17) is 10.5 Å². The van der Waals surface area contributed by atoms with Crippen LogP contribution in [0.1, 0.15) is 21.4 Å². The number of fused-ring (bicyclic) bond motifs is 1. The standard InChI is InChI=1S/C13H14N2OS/c14-6-11-7-15-13(17-11)10-5-9-3-1-2-4-12(9)16-8-10/h1-4,7,10H,5-6,8,14H2. The number of nitrogens with zero attached hydrogens (tertiary/aromatic N) is 1. The zero-order chi connectivity index (χ0) is 11.7. The summed E-state index contributed by atoms with van der Waals surface area (Å²) in [6.07, 6.45) is 2.88. The molecular weight excluding hydrogens is 232 g/mol. The Balaban J connectivity index is 1.84. The third-order valence-electron chi connectivity index (χ3n) is 3.00. The molecule has 0 saturated heterocycles. The molecule has 17 heavy (non-hydrogen) atoms. The molecule has 88 valence electrons. The molecule has 0 amide bonds. The summed E-state index contributed by atoms with van der Waals surface area (Å²) in [5.74, 6) is 1.38. The fourth-order valence-corrected chi connectivity index (χ4v) is 2.97. The highest BCUT2D eigenvalue weighted by molar-refractivity contribution is 7.11. The van der Waals surface area contributed by atoms with E-state index in [2.05, 4.69) is 17.1 Å². The van der Waals surface area contributed by atoms with Crippen molar-refractivity contribution in [1.82, 2.24) is 4.98 Å². The second-order valence-electron chi connectivity index (χ2n) is 4.19. The van der Waals surface area contributed by atoms with Gasteiger partial charge in [0.1, 0.15) is 5.75 Å². The summed E-state index contributed by atoms with van der Waals surface area (Å²) >= 11 is 1.70. The average Bonchev–Trinajstić information content (AvgIpc) is 2.87. The second kappa shape index (κ2) is 4.47. The minimum Gasteiger partial charge on any atom is -0.493 e. The van der Waals surface area contributed by atoms with Crippen LogP contribution >= 0.6 is 11.3 Å². The zero-order valence-electron chi connectivity index (χ0n) is 9.43. The Hall–Kier alpha value is -1.39. The van der Waals surface area contributed by atoms with Crippen molar-refractivity contribution in [2.45, 2.75) is 18.9 Å². The Kier molecular flexibility index (Phi) is 2.82. The van der Waals surface area contributed by atoms with Crippen molar-refractivity contribution in [3.63, 3.8) is 0 Å². The lowest BCUT2D eigenvalue weighted by Gasteiger charge is -2.23. The van der Waals surface area contributed by atoms with E-state index in [0.29, 0.717) is 19.1 Å². The van der Waals surface area contributed by atoms with Crippen LogP contribution in [0.15, 0.2) is 30.5 Å². The lowest BCUT2D eigenvalue weighted by Crippen LogP contribution is -2.18. The largest absolute Gasteiger partial charge is 0.493 e. The third-order valence-corrected chi connectivity index (χ3v) is 4.18. The van der Waals surface area contributed by atoms with E-state index >= 15 is 0 Å². The van der Waals surface area contributed by atoms with Crippen LogP contribution in [0.2, 0.25) is 0 Å². The molecule has 3 nitrogen and oxygen atoms in total. The summed E-state index contributed by atoms with van der Waals surface area (Å²) < 4.78 is 5.77. The van der Waals surface area contributed by atoms with Crippen LogP contribution < -0.4 is 10.5 Å². The summed E-state index contributed by atoms with van der Waals surface area (Å²) in [4.78, 5) is 5.58. The fourth-order valence-electron chi connectivity index (χ4n) is 2.09. The van der Waals surface area contributed by atoms with Crippen molar-refractivity contribution >= 4 is 11.3 Å². The smallest absolute Gasteiger partial charge is 0.122 e. The Morgan fingerprint density at radius 3 is 3.12 bits per heavy atom. The molecular formula is C13H14N2OS. The minimum absolute atomic E-state index is 0.371. The summed E-state index contributed by atoms with van der Waals surface area (Å²) in [7, 11) is 0. The molecule has 1 aromatic carbocycles.